The maximum Gasteiger partial charge on any atom is 0.265 e. The van der Waals surface area contributed by atoms with Gasteiger partial charge in [0.05, 0.1) is 10.6 Å². The summed E-state index contributed by atoms with van der Waals surface area (Å²) >= 11 is 0. The van der Waals surface area contributed by atoms with E-state index in [1.807, 2.05) is 4.72 Å². The lowest BCUT2D eigenvalue weighted by molar-refractivity contribution is -0.114. The van der Waals surface area contributed by atoms with Gasteiger partial charge in [-0.3, -0.25) is 9.59 Å². The van der Waals surface area contributed by atoms with Gasteiger partial charge in [-0.15, -0.1) is 0 Å². The second kappa shape index (κ2) is 7.02. The zero-order valence-electron chi connectivity index (χ0n) is 13.9. The van der Waals surface area contributed by atoms with Gasteiger partial charge in [-0.2, -0.15) is 0 Å². The minimum absolute atomic E-state index is 0.00922. The van der Waals surface area contributed by atoms with Crippen LogP contribution in [0, 0.1) is 19.7 Å². The number of hydrogen-bond acceptors (Lipinski definition) is 4. The van der Waals surface area contributed by atoms with Gasteiger partial charge in [-0.1, -0.05) is 12.1 Å². The van der Waals surface area contributed by atoms with Crippen LogP contribution in [0.15, 0.2) is 41.3 Å². The standard InChI is InChI=1S/C17H17FN2O4S/c1-10-4-5-11(2)16(8-10)25(23,24)20-17(22)13-6-7-14(18)15(9-13)19-12(3)21/h4-9H,1-3H3,(H,19,21)(H,20,22). The summed E-state index contributed by atoms with van der Waals surface area (Å²) < 4.78 is 40.5. The first kappa shape index (κ1) is 18.6. The zero-order chi connectivity index (χ0) is 18.8. The molecule has 2 aromatic carbocycles. The van der Waals surface area contributed by atoms with Gasteiger partial charge in [0.2, 0.25) is 5.91 Å². The molecule has 0 fully saturated rings. The Morgan fingerprint density at radius 2 is 1.72 bits per heavy atom. The number of rotatable bonds is 4. The third-order valence-electron chi connectivity index (χ3n) is 3.40. The Morgan fingerprint density at radius 3 is 2.36 bits per heavy atom. The lowest BCUT2D eigenvalue weighted by Gasteiger charge is -2.11. The Hall–Kier alpha value is -2.74. The average Bonchev–Trinajstić information content (AvgIpc) is 2.50. The van der Waals surface area contributed by atoms with E-state index in [1.165, 1.54) is 13.0 Å². The Bertz CT molecular complexity index is 955. The summed E-state index contributed by atoms with van der Waals surface area (Å²) in [4.78, 5) is 23.3. The third-order valence-corrected chi connectivity index (χ3v) is 4.87. The molecule has 0 aliphatic carbocycles. The van der Waals surface area contributed by atoms with Crippen molar-refractivity contribution in [2.24, 2.45) is 0 Å². The fourth-order valence-electron chi connectivity index (χ4n) is 2.18. The molecule has 0 heterocycles. The smallest absolute Gasteiger partial charge is 0.265 e. The van der Waals surface area contributed by atoms with E-state index < -0.39 is 27.7 Å². The molecule has 0 aromatic heterocycles. The number of aryl methyl sites for hydroxylation is 2. The van der Waals surface area contributed by atoms with E-state index in [0.29, 0.717) is 5.56 Å². The lowest BCUT2D eigenvalue weighted by atomic mass is 10.2. The van der Waals surface area contributed by atoms with Crippen molar-refractivity contribution < 1.29 is 22.4 Å². The van der Waals surface area contributed by atoms with E-state index in [1.54, 1.807) is 26.0 Å². The molecule has 0 bridgehead atoms. The highest BCUT2D eigenvalue weighted by molar-refractivity contribution is 7.90. The summed E-state index contributed by atoms with van der Waals surface area (Å²) in [7, 11) is -4.09. The molecule has 8 heteroatoms. The van der Waals surface area contributed by atoms with Gasteiger partial charge in [-0.25, -0.2) is 17.5 Å². The van der Waals surface area contributed by atoms with Gasteiger partial charge in [0.25, 0.3) is 15.9 Å². The normalized spacial score (nSPS) is 11.0. The molecule has 0 aliphatic heterocycles. The van der Waals surface area contributed by atoms with Crippen LogP contribution >= 0.6 is 0 Å². The van der Waals surface area contributed by atoms with Gasteiger partial charge < -0.3 is 5.32 Å². The van der Waals surface area contributed by atoms with Crippen molar-refractivity contribution >= 4 is 27.5 Å². The molecule has 0 atom stereocenters. The first-order valence-corrected chi connectivity index (χ1v) is 8.80. The molecular formula is C17H17FN2O4S. The van der Waals surface area contributed by atoms with Gasteiger partial charge in [0, 0.05) is 12.5 Å². The Balaban J connectivity index is 2.33. The van der Waals surface area contributed by atoms with Crippen LogP contribution in [0.3, 0.4) is 0 Å². The van der Waals surface area contributed by atoms with Crippen LogP contribution in [0.2, 0.25) is 0 Å². The maximum absolute atomic E-state index is 13.6. The number of anilines is 1. The van der Waals surface area contributed by atoms with E-state index in [-0.39, 0.29) is 16.1 Å². The monoisotopic (exact) mass is 364 g/mol. The Labute approximate surface area is 145 Å². The van der Waals surface area contributed by atoms with Crippen LogP contribution in [0.1, 0.15) is 28.4 Å². The molecule has 2 rings (SSSR count). The molecule has 25 heavy (non-hydrogen) atoms. The summed E-state index contributed by atoms with van der Waals surface area (Å²) in [5.74, 6) is -2.17. The highest BCUT2D eigenvalue weighted by Crippen LogP contribution is 2.19. The molecule has 0 aliphatic rings. The van der Waals surface area contributed by atoms with E-state index in [0.717, 1.165) is 23.8 Å². The molecule has 132 valence electrons. The van der Waals surface area contributed by atoms with Crippen molar-refractivity contribution in [3.63, 3.8) is 0 Å². The minimum Gasteiger partial charge on any atom is -0.324 e. The van der Waals surface area contributed by atoms with E-state index in [4.69, 9.17) is 0 Å². The largest absolute Gasteiger partial charge is 0.324 e. The number of sulfonamides is 1. The van der Waals surface area contributed by atoms with Crippen LogP contribution in [0.25, 0.3) is 0 Å². The number of halogens is 1. The van der Waals surface area contributed by atoms with Crippen LogP contribution in [-0.4, -0.2) is 20.2 Å². The zero-order valence-corrected chi connectivity index (χ0v) is 14.7. The number of benzene rings is 2. The van der Waals surface area contributed by atoms with E-state index >= 15 is 0 Å². The van der Waals surface area contributed by atoms with Crippen LogP contribution < -0.4 is 10.0 Å². The van der Waals surface area contributed by atoms with E-state index in [9.17, 15) is 22.4 Å². The predicted molar refractivity (Wildman–Crippen MR) is 91.3 cm³/mol. The topological polar surface area (TPSA) is 92.3 Å². The van der Waals surface area contributed by atoms with Crippen molar-refractivity contribution in [1.29, 1.82) is 0 Å². The third kappa shape index (κ3) is 4.42. The number of carbonyl (C=O) groups excluding carboxylic acids is 2. The number of carbonyl (C=O) groups is 2. The minimum atomic E-state index is -4.09. The molecule has 6 nitrogen and oxygen atoms in total. The molecule has 2 amide bonds. The second-order valence-corrected chi connectivity index (χ2v) is 7.23. The van der Waals surface area contributed by atoms with Gasteiger partial charge >= 0.3 is 0 Å². The molecule has 0 saturated carbocycles. The van der Waals surface area contributed by atoms with Gasteiger partial charge in [0.1, 0.15) is 5.82 Å². The summed E-state index contributed by atoms with van der Waals surface area (Å²) in [5.41, 5.74) is 0.917. The molecule has 2 aromatic rings. The van der Waals surface area contributed by atoms with Crippen molar-refractivity contribution in [1.82, 2.24) is 4.72 Å². The Kier molecular flexibility index (Phi) is 5.22. The van der Waals surface area contributed by atoms with Crippen molar-refractivity contribution in [3.8, 4) is 0 Å². The first-order chi connectivity index (χ1) is 11.6. The molecule has 0 unspecified atom stereocenters. The van der Waals surface area contributed by atoms with Crippen molar-refractivity contribution in [2.45, 2.75) is 25.7 Å². The highest BCUT2D eigenvalue weighted by Gasteiger charge is 2.21. The van der Waals surface area contributed by atoms with Crippen LogP contribution in [0.4, 0.5) is 10.1 Å². The SMILES string of the molecule is CC(=O)Nc1cc(C(=O)NS(=O)(=O)c2cc(C)ccc2C)ccc1F. The van der Waals surface area contributed by atoms with E-state index in [2.05, 4.69) is 5.32 Å². The quantitative estimate of drug-likeness (QED) is 0.872. The van der Waals surface area contributed by atoms with Gasteiger partial charge in [-0.05, 0) is 49.2 Å². The number of amides is 2. The van der Waals surface area contributed by atoms with Crippen molar-refractivity contribution in [2.75, 3.05) is 5.32 Å². The highest BCUT2D eigenvalue weighted by atomic mass is 32.2. The molecule has 0 spiro atoms. The Morgan fingerprint density at radius 1 is 1.04 bits per heavy atom. The molecule has 2 N–H and O–H groups in total. The number of nitrogens with one attached hydrogen (secondary N) is 2. The van der Waals surface area contributed by atoms with Gasteiger partial charge in [0.15, 0.2) is 0 Å². The maximum atomic E-state index is 13.6. The average molecular weight is 364 g/mol. The first-order valence-electron chi connectivity index (χ1n) is 7.31. The fourth-order valence-corrected chi connectivity index (χ4v) is 3.49. The molecular weight excluding hydrogens is 347 g/mol. The number of hydrogen-bond donors (Lipinski definition) is 2. The predicted octanol–water partition coefficient (Wildman–Crippen LogP) is 2.52. The summed E-state index contributed by atoms with van der Waals surface area (Å²) in [6, 6.07) is 8.04. The fraction of sp³-hybridized carbons (Fsp3) is 0.176. The second-order valence-electron chi connectivity index (χ2n) is 5.58. The molecule has 0 saturated heterocycles. The summed E-state index contributed by atoms with van der Waals surface area (Å²) in [6.07, 6.45) is 0. The van der Waals surface area contributed by atoms with Crippen LogP contribution in [0.5, 0.6) is 0 Å². The lowest BCUT2D eigenvalue weighted by Crippen LogP contribution is -2.31. The molecule has 0 radical (unpaired) electrons. The van der Waals surface area contributed by atoms with Crippen molar-refractivity contribution in [3.05, 3.63) is 58.9 Å². The summed E-state index contributed by atoms with van der Waals surface area (Å²) in [6.45, 7) is 4.54. The van der Waals surface area contributed by atoms with Crippen LogP contribution in [-0.2, 0) is 14.8 Å². The summed E-state index contributed by atoms with van der Waals surface area (Å²) in [5, 5.41) is 2.24.